The normalized spacial score (nSPS) is 9.17. The van der Waals surface area contributed by atoms with Crippen LogP contribution in [-0.4, -0.2) is 5.71 Å². The van der Waals surface area contributed by atoms with E-state index >= 15 is 0 Å². The summed E-state index contributed by atoms with van der Waals surface area (Å²) in [5, 5.41) is 7.19. The molecule has 0 unspecified atom stereocenters. The van der Waals surface area contributed by atoms with E-state index < -0.39 is 0 Å². The van der Waals surface area contributed by atoms with Crippen molar-refractivity contribution in [2.45, 2.75) is 60.3 Å². The topological polar surface area (TPSA) is 23.9 Å². The monoisotopic (exact) mass is 171 g/mol. The van der Waals surface area contributed by atoms with E-state index in [0.717, 1.165) is 12.1 Å². The highest BCUT2D eigenvalue weighted by molar-refractivity contribution is 5.82. The first-order valence-electron chi connectivity index (χ1n) is 5.17. The molecule has 0 aromatic heterocycles. The lowest BCUT2D eigenvalue weighted by Crippen LogP contribution is -2.02. The summed E-state index contributed by atoms with van der Waals surface area (Å²) in [7, 11) is 0. The fraction of sp³-hybridized carbons (Fsp3) is 0.909. The molecule has 0 heterocycles. The molecule has 74 valence electrons. The minimum atomic E-state index is 0.449. The van der Waals surface area contributed by atoms with E-state index in [-0.39, 0.29) is 0 Å². The standard InChI is InChI=1S/C6H13N.C5H12/c1-4-6(7)5(2)3;1-3-5-4-2/h5,7H,4H2,1-3H3;3-5H2,1-2H3. The predicted molar refractivity (Wildman–Crippen MR) is 58.1 cm³/mol. The SMILES string of the molecule is CCC(=N)C(C)C.CCCCC. The van der Waals surface area contributed by atoms with Gasteiger partial charge in [0.05, 0.1) is 0 Å². The quantitative estimate of drug-likeness (QED) is 0.611. The molecular weight excluding hydrogens is 146 g/mol. The summed E-state index contributed by atoms with van der Waals surface area (Å²) in [5.41, 5.74) is 0.847. The second-order valence-electron chi connectivity index (χ2n) is 3.39. The van der Waals surface area contributed by atoms with Gasteiger partial charge in [0, 0.05) is 5.71 Å². The van der Waals surface area contributed by atoms with Crippen LogP contribution in [0.25, 0.3) is 0 Å². The van der Waals surface area contributed by atoms with Crippen molar-refractivity contribution in [1.82, 2.24) is 0 Å². The first-order chi connectivity index (χ1) is 5.59. The molecule has 0 aromatic carbocycles. The number of nitrogens with one attached hydrogen (secondary N) is 1. The van der Waals surface area contributed by atoms with Gasteiger partial charge in [0.25, 0.3) is 0 Å². The van der Waals surface area contributed by atoms with Crippen LogP contribution in [0.2, 0.25) is 0 Å². The van der Waals surface area contributed by atoms with Gasteiger partial charge in [-0.3, -0.25) is 0 Å². The second kappa shape index (κ2) is 10.7. The van der Waals surface area contributed by atoms with E-state index in [0.29, 0.717) is 5.92 Å². The second-order valence-corrected chi connectivity index (χ2v) is 3.39. The summed E-state index contributed by atoms with van der Waals surface area (Å²) in [6.45, 7) is 10.5. The van der Waals surface area contributed by atoms with Crippen LogP contribution in [0.1, 0.15) is 60.3 Å². The van der Waals surface area contributed by atoms with E-state index in [1.807, 2.05) is 20.8 Å². The highest BCUT2D eigenvalue weighted by atomic mass is 14.4. The molecule has 0 aliphatic heterocycles. The lowest BCUT2D eigenvalue weighted by Gasteiger charge is -2.00. The molecule has 0 amide bonds. The number of unbranched alkanes of at least 4 members (excludes halogenated alkanes) is 2. The van der Waals surface area contributed by atoms with Crippen molar-refractivity contribution in [1.29, 1.82) is 5.41 Å². The fourth-order valence-electron chi connectivity index (χ4n) is 0.762. The molecule has 1 nitrogen and oxygen atoms in total. The molecule has 1 N–H and O–H groups in total. The van der Waals surface area contributed by atoms with E-state index in [9.17, 15) is 0 Å². The van der Waals surface area contributed by atoms with Crippen molar-refractivity contribution in [2.24, 2.45) is 5.92 Å². The first kappa shape index (κ1) is 14.2. The van der Waals surface area contributed by atoms with Crippen molar-refractivity contribution in [3.63, 3.8) is 0 Å². The molecule has 0 aromatic rings. The van der Waals surface area contributed by atoms with E-state index in [2.05, 4.69) is 13.8 Å². The molecule has 0 aliphatic rings. The third kappa shape index (κ3) is 12.4. The number of hydrogen-bond donors (Lipinski definition) is 1. The zero-order valence-electron chi connectivity index (χ0n) is 9.41. The van der Waals surface area contributed by atoms with Gasteiger partial charge in [0.15, 0.2) is 0 Å². The molecule has 1 heteroatoms. The first-order valence-corrected chi connectivity index (χ1v) is 5.17. The van der Waals surface area contributed by atoms with Crippen LogP contribution >= 0.6 is 0 Å². The summed E-state index contributed by atoms with van der Waals surface area (Å²) in [5.74, 6) is 0.449. The average molecular weight is 171 g/mol. The Balaban J connectivity index is 0. The molecule has 0 saturated heterocycles. The van der Waals surface area contributed by atoms with Gasteiger partial charge in [-0.15, -0.1) is 0 Å². The van der Waals surface area contributed by atoms with Crippen LogP contribution in [0.4, 0.5) is 0 Å². The Morgan fingerprint density at radius 1 is 1.08 bits per heavy atom. The molecule has 0 atom stereocenters. The van der Waals surface area contributed by atoms with Crippen molar-refractivity contribution >= 4 is 5.71 Å². The fourth-order valence-corrected chi connectivity index (χ4v) is 0.762. The minimum absolute atomic E-state index is 0.449. The van der Waals surface area contributed by atoms with Crippen LogP contribution in [0, 0.1) is 11.3 Å². The highest BCUT2D eigenvalue weighted by Crippen LogP contribution is 1.96. The van der Waals surface area contributed by atoms with Gasteiger partial charge in [-0.1, -0.05) is 53.9 Å². The van der Waals surface area contributed by atoms with Crippen molar-refractivity contribution in [3.05, 3.63) is 0 Å². The smallest absolute Gasteiger partial charge is 0.0112 e. The van der Waals surface area contributed by atoms with E-state index in [1.165, 1.54) is 19.3 Å². The third-order valence-electron chi connectivity index (χ3n) is 1.78. The van der Waals surface area contributed by atoms with E-state index in [1.54, 1.807) is 0 Å². The number of hydrogen-bond acceptors (Lipinski definition) is 1. The van der Waals surface area contributed by atoms with Gasteiger partial charge in [0.1, 0.15) is 0 Å². The summed E-state index contributed by atoms with van der Waals surface area (Å²) < 4.78 is 0. The lowest BCUT2D eigenvalue weighted by molar-refractivity contribution is 0.772. The lowest BCUT2D eigenvalue weighted by atomic mass is 10.1. The van der Waals surface area contributed by atoms with Crippen molar-refractivity contribution < 1.29 is 0 Å². The van der Waals surface area contributed by atoms with Gasteiger partial charge >= 0.3 is 0 Å². The molecule has 0 spiro atoms. The largest absolute Gasteiger partial charge is 0.309 e. The minimum Gasteiger partial charge on any atom is -0.309 e. The van der Waals surface area contributed by atoms with Crippen molar-refractivity contribution in [3.8, 4) is 0 Å². The van der Waals surface area contributed by atoms with E-state index in [4.69, 9.17) is 5.41 Å². The maximum Gasteiger partial charge on any atom is 0.0112 e. The molecule has 12 heavy (non-hydrogen) atoms. The number of rotatable bonds is 4. The Bertz CT molecular complexity index is 93.2. The van der Waals surface area contributed by atoms with Crippen LogP contribution < -0.4 is 0 Å². The Morgan fingerprint density at radius 3 is 1.50 bits per heavy atom. The Morgan fingerprint density at radius 2 is 1.50 bits per heavy atom. The summed E-state index contributed by atoms with van der Waals surface area (Å²) in [6.07, 6.45) is 4.98. The van der Waals surface area contributed by atoms with Gasteiger partial charge < -0.3 is 5.41 Å². The van der Waals surface area contributed by atoms with Gasteiger partial charge in [-0.2, -0.15) is 0 Å². The van der Waals surface area contributed by atoms with Crippen LogP contribution in [0.5, 0.6) is 0 Å². The van der Waals surface area contributed by atoms with Crippen LogP contribution in [0.15, 0.2) is 0 Å². The van der Waals surface area contributed by atoms with Crippen LogP contribution in [-0.2, 0) is 0 Å². The average Bonchev–Trinajstić information content (AvgIpc) is 2.05. The Kier molecular flexibility index (Phi) is 12.6. The third-order valence-corrected chi connectivity index (χ3v) is 1.78. The zero-order valence-corrected chi connectivity index (χ0v) is 9.41. The van der Waals surface area contributed by atoms with Gasteiger partial charge in [0.2, 0.25) is 0 Å². The predicted octanol–water partition coefficient (Wildman–Crippen LogP) is 4.27. The maximum atomic E-state index is 7.19. The molecule has 0 bridgehead atoms. The summed E-state index contributed by atoms with van der Waals surface area (Å²) in [6, 6.07) is 0. The van der Waals surface area contributed by atoms with Gasteiger partial charge in [-0.05, 0) is 12.3 Å². The van der Waals surface area contributed by atoms with Gasteiger partial charge in [-0.25, -0.2) is 0 Å². The highest BCUT2D eigenvalue weighted by Gasteiger charge is 1.95. The Labute approximate surface area is 78.1 Å². The molecule has 0 aliphatic carbocycles. The summed E-state index contributed by atoms with van der Waals surface area (Å²) in [4.78, 5) is 0. The zero-order chi connectivity index (χ0) is 9.98. The van der Waals surface area contributed by atoms with Crippen molar-refractivity contribution in [2.75, 3.05) is 0 Å². The van der Waals surface area contributed by atoms with Crippen LogP contribution in [0.3, 0.4) is 0 Å². The Hall–Kier alpha value is -0.330. The maximum absolute atomic E-state index is 7.19. The molecule has 0 radical (unpaired) electrons. The molecule has 0 fully saturated rings. The molecular formula is C11H25N. The summed E-state index contributed by atoms with van der Waals surface area (Å²) >= 11 is 0. The molecule has 0 rings (SSSR count). The molecule has 0 saturated carbocycles.